The van der Waals surface area contributed by atoms with Crippen molar-refractivity contribution in [3.8, 4) is 0 Å². The first-order valence-electron chi connectivity index (χ1n) is 6.45. The van der Waals surface area contributed by atoms with Gasteiger partial charge in [0.1, 0.15) is 0 Å². The van der Waals surface area contributed by atoms with Gasteiger partial charge in [-0.05, 0) is 43.0 Å². The Labute approximate surface area is 125 Å². The highest BCUT2D eigenvalue weighted by Gasteiger charge is 2.28. The second kappa shape index (κ2) is 7.78. The van der Waals surface area contributed by atoms with E-state index in [9.17, 15) is 4.79 Å². The Morgan fingerprint density at radius 3 is 2.84 bits per heavy atom. The molecule has 3 nitrogen and oxygen atoms in total. The van der Waals surface area contributed by atoms with Crippen LogP contribution in [0, 0.1) is 11.8 Å². The highest BCUT2D eigenvalue weighted by molar-refractivity contribution is 7.99. The molecule has 1 heterocycles. The molecule has 0 radical (unpaired) electrons. The van der Waals surface area contributed by atoms with Crippen molar-refractivity contribution in [2.24, 2.45) is 11.8 Å². The molecular formula is C14H21ClN2OS. The van der Waals surface area contributed by atoms with Gasteiger partial charge in [-0.25, -0.2) is 0 Å². The number of rotatable bonds is 5. The number of benzene rings is 1. The Morgan fingerprint density at radius 2 is 2.26 bits per heavy atom. The SMILES string of the molecule is CCSc1cccc(NC(=O)C(C)C2CNC2)c1.Cl. The highest BCUT2D eigenvalue weighted by atomic mass is 35.5. The number of carbonyl (C=O) groups is 1. The first-order chi connectivity index (χ1) is 8.70. The van der Waals surface area contributed by atoms with E-state index < -0.39 is 0 Å². The minimum Gasteiger partial charge on any atom is -0.326 e. The zero-order chi connectivity index (χ0) is 13.0. The van der Waals surface area contributed by atoms with E-state index in [0.29, 0.717) is 5.92 Å². The molecule has 1 aromatic rings. The average molecular weight is 301 g/mol. The minimum absolute atomic E-state index is 0. The summed E-state index contributed by atoms with van der Waals surface area (Å²) in [7, 11) is 0. The zero-order valence-corrected chi connectivity index (χ0v) is 12.9. The lowest BCUT2D eigenvalue weighted by molar-refractivity contribution is -0.121. The first-order valence-corrected chi connectivity index (χ1v) is 7.43. The summed E-state index contributed by atoms with van der Waals surface area (Å²) in [6.07, 6.45) is 0. The first kappa shape index (κ1) is 16.3. The Kier molecular flexibility index (Phi) is 6.69. The molecule has 1 aliphatic rings. The third-order valence-corrected chi connectivity index (χ3v) is 4.22. The van der Waals surface area contributed by atoms with Crippen LogP contribution in [0.3, 0.4) is 0 Å². The summed E-state index contributed by atoms with van der Waals surface area (Å²) in [6.45, 7) is 6.05. The number of hydrogen-bond acceptors (Lipinski definition) is 3. The van der Waals surface area contributed by atoms with Gasteiger partial charge in [-0.2, -0.15) is 0 Å². The molecule has 5 heteroatoms. The second-order valence-corrected chi connectivity index (χ2v) is 5.99. The molecule has 0 bridgehead atoms. The van der Waals surface area contributed by atoms with Gasteiger partial charge >= 0.3 is 0 Å². The maximum atomic E-state index is 12.1. The van der Waals surface area contributed by atoms with Gasteiger partial charge in [0.05, 0.1) is 0 Å². The largest absolute Gasteiger partial charge is 0.326 e. The van der Waals surface area contributed by atoms with Crippen molar-refractivity contribution in [2.45, 2.75) is 18.7 Å². The Morgan fingerprint density at radius 1 is 1.53 bits per heavy atom. The number of nitrogens with one attached hydrogen (secondary N) is 2. The van der Waals surface area contributed by atoms with Crippen LogP contribution >= 0.6 is 24.2 Å². The number of carbonyl (C=O) groups excluding carboxylic acids is 1. The van der Waals surface area contributed by atoms with E-state index in [4.69, 9.17) is 0 Å². The normalized spacial score (nSPS) is 16.1. The number of halogens is 1. The number of anilines is 1. The van der Waals surface area contributed by atoms with Crippen LogP contribution in [0.4, 0.5) is 5.69 Å². The third-order valence-electron chi connectivity index (χ3n) is 3.35. The summed E-state index contributed by atoms with van der Waals surface area (Å²) in [4.78, 5) is 13.3. The van der Waals surface area contributed by atoms with Gasteiger partial charge in [0.25, 0.3) is 0 Å². The average Bonchev–Trinajstić information content (AvgIpc) is 2.27. The summed E-state index contributed by atoms with van der Waals surface area (Å²) in [5.41, 5.74) is 0.901. The molecule has 1 aromatic carbocycles. The maximum absolute atomic E-state index is 12.1. The summed E-state index contributed by atoms with van der Waals surface area (Å²) in [5.74, 6) is 1.73. The van der Waals surface area contributed by atoms with Crippen LogP contribution in [0.25, 0.3) is 0 Å². The fourth-order valence-corrected chi connectivity index (χ4v) is 2.68. The predicted octanol–water partition coefficient (Wildman–Crippen LogP) is 3.01. The molecule has 1 fully saturated rings. The summed E-state index contributed by atoms with van der Waals surface area (Å²) in [5, 5.41) is 6.21. The third kappa shape index (κ3) is 4.41. The lowest BCUT2D eigenvalue weighted by atomic mass is 9.88. The molecule has 0 saturated carbocycles. The van der Waals surface area contributed by atoms with E-state index in [1.165, 1.54) is 4.90 Å². The van der Waals surface area contributed by atoms with E-state index in [2.05, 4.69) is 23.6 Å². The van der Waals surface area contributed by atoms with Gasteiger partial charge < -0.3 is 10.6 Å². The van der Waals surface area contributed by atoms with Crippen molar-refractivity contribution in [2.75, 3.05) is 24.2 Å². The highest BCUT2D eigenvalue weighted by Crippen LogP contribution is 2.23. The van der Waals surface area contributed by atoms with Gasteiger partial charge in [0.15, 0.2) is 0 Å². The van der Waals surface area contributed by atoms with E-state index in [-0.39, 0.29) is 24.2 Å². The molecule has 1 atom stereocenters. The second-order valence-electron chi connectivity index (χ2n) is 4.66. The van der Waals surface area contributed by atoms with Crippen LogP contribution < -0.4 is 10.6 Å². The van der Waals surface area contributed by atoms with Crippen molar-refractivity contribution in [1.29, 1.82) is 0 Å². The van der Waals surface area contributed by atoms with Crippen LogP contribution in [0.15, 0.2) is 29.2 Å². The number of thioether (sulfide) groups is 1. The molecule has 1 aliphatic heterocycles. The van der Waals surface area contributed by atoms with Crippen LogP contribution in [-0.2, 0) is 4.79 Å². The molecule has 1 unspecified atom stereocenters. The summed E-state index contributed by atoms with van der Waals surface area (Å²) >= 11 is 1.79. The summed E-state index contributed by atoms with van der Waals surface area (Å²) in [6, 6.07) is 8.05. The standard InChI is InChI=1S/C14H20N2OS.ClH/c1-3-18-13-6-4-5-12(7-13)16-14(17)10(2)11-8-15-9-11;/h4-7,10-11,15H,3,8-9H2,1-2H3,(H,16,17);1H. The van der Waals surface area contributed by atoms with Crippen molar-refractivity contribution in [3.63, 3.8) is 0 Å². The van der Waals surface area contributed by atoms with Crippen LogP contribution in [0.5, 0.6) is 0 Å². The molecule has 1 saturated heterocycles. The van der Waals surface area contributed by atoms with Crippen LogP contribution in [0.1, 0.15) is 13.8 Å². The fourth-order valence-electron chi connectivity index (χ4n) is 1.97. The van der Waals surface area contributed by atoms with Crippen LogP contribution in [-0.4, -0.2) is 24.7 Å². The molecule has 2 rings (SSSR count). The monoisotopic (exact) mass is 300 g/mol. The van der Waals surface area contributed by atoms with E-state index >= 15 is 0 Å². The zero-order valence-electron chi connectivity index (χ0n) is 11.3. The molecule has 0 aliphatic carbocycles. The Bertz CT molecular complexity index is 424. The van der Waals surface area contributed by atoms with E-state index in [1.54, 1.807) is 11.8 Å². The smallest absolute Gasteiger partial charge is 0.227 e. The van der Waals surface area contributed by atoms with E-state index in [0.717, 1.165) is 24.5 Å². The lowest BCUT2D eigenvalue weighted by Crippen LogP contribution is -2.48. The topological polar surface area (TPSA) is 41.1 Å². The lowest BCUT2D eigenvalue weighted by Gasteiger charge is -2.31. The van der Waals surface area contributed by atoms with Gasteiger partial charge in [-0.3, -0.25) is 4.79 Å². The van der Waals surface area contributed by atoms with E-state index in [1.807, 2.05) is 25.1 Å². The van der Waals surface area contributed by atoms with Gasteiger partial charge in [0.2, 0.25) is 5.91 Å². The van der Waals surface area contributed by atoms with Gasteiger partial charge in [0, 0.05) is 16.5 Å². The van der Waals surface area contributed by atoms with Crippen LogP contribution in [0.2, 0.25) is 0 Å². The number of hydrogen-bond donors (Lipinski definition) is 2. The van der Waals surface area contributed by atoms with Gasteiger partial charge in [-0.1, -0.05) is 19.9 Å². The maximum Gasteiger partial charge on any atom is 0.227 e. The molecular weight excluding hydrogens is 280 g/mol. The van der Waals surface area contributed by atoms with Crippen molar-refractivity contribution >= 4 is 35.8 Å². The van der Waals surface area contributed by atoms with Crippen molar-refractivity contribution in [3.05, 3.63) is 24.3 Å². The molecule has 0 spiro atoms. The minimum atomic E-state index is 0. The van der Waals surface area contributed by atoms with Crippen molar-refractivity contribution < 1.29 is 4.79 Å². The van der Waals surface area contributed by atoms with Crippen molar-refractivity contribution in [1.82, 2.24) is 5.32 Å². The number of amides is 1. The quantitative estimate of drug-likeness (QED) is 0.821. The molecule has 0 aromatic heterocycles. The molecule has 106 valence electrons. The molecule has 2 N–H and O–H groups in total. The van der Waals surface area contributed by atoms with Gasteiger partial charge in [-0.15, -0.1) is 24.2 Å². The Hall–Kier alpha value is -0.710. The fraction of sp³-hybridized carbons (Fsp3) is 0.500. The molecule has 19 heavy (non-hydrogen) atoms. The predicted molar refractivity (Wildman–Crippen MR) is 84.2 cm³/mol. The summed E-state index contributed by atoms with van der Waals surface area (Å²) < 4.78 is 0. The molecule has 1 amide bonds. The Balaban J connectivity index is 0.00000180.